The molecule has 92 valence electrons. The Morgan fingerprint density at radius 2 is 1.78 bits per heavy atom. The van der Waals surface area contributed by atoms with E-state index in [0.717, 1.165) is 35.3 Å². The van der Waals surface area contributed by atoms with Crippen LogP contribution in [0.2, 0.25) is 0 Å². The molecule has 2 aromatic carbocycles. The number of fused-ring (bicyclic) bond motifs is 3. The molecule has 2 N–H and O–H groups in total. The number of hydrogen-bond acceptors (Lipinski definition) is 3. The van der Waals surface area contributed by atoms with E-state index in [1.807, 2.05) is 18.2 Å². The normalized spacial score (nSPS) is 12.7. The van der Waals surface area contributed by atoms with Crippen LogP contribution in [0.4, 0.5) is 0 Å². The largest absolute Gasteiger partial charge is 0.508 e. The zero-order valence-corrected chi connectivity index (χ0v) is 10.1. The summed E-state index contributed by atoms with van der Waals surface area (Å²) in [4.78, 5) is 0. The molecule has 0 bridgehead atoms. The van der Waals surface area contributed by atoms with Gasteiger partial charge in [-0.15, -0.1) is 0 Å². The number of benzene rings is 2. The molecule has 1 aliphatic rings. The Balaban J connectivity index is 2.22. The lowest BCUT2D eigenvalue weighted by Gasteiger charge is -2.21. The van der Waals surface area contributed by atoms with Crippen LogP contribution in [0, 0.1) is 0 Å². The summed E-state index contributed by atoms with van der Waals surface area (Å²) in [6, 6.07) is 8.97. The zero-order valence-electron chi connectivity index (χ0n) is 10.1. The summed E-state index contributed by atoms with van der Waals surface area (Å²) in [6.45, 7) is 0. The van der Waals surface area contributed by atoms with Gasteiger partial charge >= 0.3 is 0 Å². The summed E-state index contributed by atoms with van der Waals surface area (Å²) in [5, 5.41) is 19.5. The molecule has 0 radical (unpaired) electrons. The van der Waals surface area contributed by atoms with Gasteiger partial charge in [0.2, 0.25) is 0 Å². The average Bonchev–Trinajstić information content (AvgIpc) is 2.37. The minimum Gasteiger partial charge on any atom is -0.508 e. The summed E-state index contributed by atoms with van der Waals surface area (Å²) in [6.07, 6.45) is 1.71. The first-order chi connectivity index (χ1) is 8.69. The molecule has 0 fully saturated rings. The highest BCUT2D eigenvalue weighted by Crippen LogP contribution is 2.42. The van der Waals surface area contributed by atoms with Gasteiger partial charge in [0.05, 0.1) is 7.11 Å². The van der Waals surface area contributed by atoms with E-state index >= 15 is 0 Å². The molecule has 0 heterocycles. The Hall–Kier alpha value is -2.16. The van der Waals surface area contributed by atoms with E-state index in [1.54, 1.807) is 13.2 Å². The van der Waals surface area contributed by atoms with Gasteiger partial charge in [0.1, 0.15) is 17.2 Å². The molecule has 3 heteroatoms. The molecule has 0 saturated carbocycles. The van der Waals surface area contributed by atoms with E-state index < -0.39 is 0 Å². The molecule has 0 atom stereocenters. The van der Waals surface area contributed by atoms with Crippen molar-refractivity contribution < 1.29 is 14.9 Å². The first-order valence-electron chi connectivity index (χ1n) is 5.91. The zero-order chi connectivity index (χ0) is 12.7. The van der Waals surface area contributed by atoms with Crippen molar-refractivity contribution in [3.63, 3.8) is 0 Å². The molecule has 1 aliphatic carbocycles. The highest BCUT2D eigenvalue weighted by atomic mass is 16.5. The molecule has 3 nitrogen and oxygen atoms in total. The Kier molecular flexibility index (Phi) is 2.40. The van der Waals surface area contributed by atoms with Gasteiger partial charge in [0, 0.05) is 11.6 Å². The smallest absolute Gasteiger partial charge is 0.127 e. The summed E-state index contributed by atoms with van der Waals surface area (Å²) in [5.41, 5.74) is 4.01. The maximum atomic E-state index is 10.0. The van der Waals surface area contributed by atoms with Crippen molar-refractivity contribution in [2.45, 2.75) is 12.8 Å². The number of aryl methyl sites for hydroxylation is 2. The number of rotatable bonds is 1. The van der Waals surface area contributed by atoms with Gasteiger partial charge in [-0.1, -0.05) is 6.07 Å². The molecule has 2 aromatic rings. The molecule has 18 heavy (non-hydrogen) atoms. The predicted octanol–water partition coefficient (Wildman–Crippen LogP) is 2.87. The second-order valence-electron chi connectivity index (χ2n) is 4.52. The molecule has 0 amide bonds. The van der Waals surface area contributed by atoms with E-state index in [-0.39, 0.29) is 11.5 Å². The van der Waals surface area contributed by atoms with Crippen LogP contribution in [0.15, 0.2) is 30.3 Å². The van der Waals surface area contributed by atoms with Crippen LogP contribution in [0.1, 0.15) is 11.1 Å². The Labute approximate surface area is 105 Å². The Morgan fingerprint density at radius 3 is 2.56 bits per heavy atom. The minimum absolute atomic E-state index is 0.114. The molecular weight excluding hydrogens is 228 g/mol. The first-order valence-corrected chi connectivity index (χ1v) is 5.91. The maximum Gasteiger partial charge on any atom is 0.127 e. The van der Waals surface area contributed by atoms with Crippen molar-refractivity contribution in [1.29, 1.82) is 0 Å². The van der Waals surface area contributed by atoms with Gasteiger partial charge in [0.25, 0.3) is 0 Å². The summed E-state index contributed by atoms with van der Waals surface area (Å²) < 4.78 is 5.22. The fraction of sp³-hybridized carbons (Fsp3) is 0.200. The number of ether oxygens (including phenoxy) is 1. The number of hydrogen-bond donors (Lipinski definition) is 2. The fourth-order valence-corrected chi connectivity index (χ4v) is 2.59. The molecule has 0 spiro atoms. The van der Waals surface area contributed by atoms with Crippen molar-refractivity contribution >= 4 is 0 Å². The van der Waals surface area contributed by atoms with Gasteiger partial charge in [-0.05, 0) is 47.7 Å². The van der Waals surface area contributed by atoms with Crippen LogP contribution in [0.25, 0.3) is 11.1 Å². The van der Waals surface area contributed by atoms with Gasteiger partial charge < -0.3 is 14.9 Å². The highest BCUT2D eigenvalue weighted by Gasteiger charge is 2.20. The highest BCUT2D eigenvalue weighted by molar-refractivity contribution is 5.79. The van der Waals surface area contributed by atoms with Crippen LogP contribution < -0.4 is 4.74 Å². The van der Waals surface area contributed by atoms with Gasteiger partial charge in [-0.25, -0.2) is 0 Å². The second-order valence-corrected chi connectivity index (χ2v) is 4.52. The molecule has 0 aliphatic heterocycles. The molecule has 0 saturated heterocycles. The SMILES string of the molecule is COc1ccc2c(c1)CCc1cc(O)cc(O)c1-2. The quantitative estimate of drug-likeness (QED) is 0.808. The summed E-state index contributed by atoms with van der Waals surface area (Å²) in [7, 11) is 1.65. The third-order valence-corrected chi connectivity index (χ3v) is 3.43. The van der Waals surface area contributed by atoms with Crippen molar-refractivity contribution in [2.24, 2.45) is 0 Å². The third kappa shape index (κ3) is 1.59. The number of aromatic hydroxyl groups is 2. The predicted molar refractivity (Wildman–Crippen MR) is 69.2 cm³/mol. The minimum atomic E-state index is 0.114. The lowest BCUT2D eigenvalue weighted by molar-refractivity contribution is 0.414. The van der Waals surface area contributed by atoms with Crippen molar-refractivity contribution in [3.8, 4) is 28.4 Å². The average molecular weight is 242 g/mol. The number of methoxy groups -OCH3 is 1. The summed E-state index contributed by atoms with van der Waals surface area (Å²) >= 11 is 0. The van der Waals surface area contributed by atoms with Crippen LogP contribution in [0.5, 0.6) is 17.2 Å². The molecule has 0 unspecified atom stereocenters. The summed E-state index contributed by atoms with van der Waals surface area (Å²) in [5.74, 6) is 1.08. The lowest BCUT2D eigenvalue weighted by atomic mass is 9.85. The first kappa shape index (κ1) is 11.0. The monoisotopic (exact) mass is 242 g/mol. The number of phenols is 2. The van der Waals surface area contributed by atoms with E-state index in [9.17, 15) is 10.2 Å². The van der Waals surface area contributed by atoms with Crippen LogP contribution >= 0.6 is 0 Å². The molecule has 3 rings (SSSR count). The second kappa shape index (κ2) is 3.95. The van der Waals surface area contributed by atoms with E-state index in [4.69, 9.17) is 4.74 Å². The van der Waals surface area contributed by atoms with E-state index in [1.165, 1.54) is 11.6 Å². The molecular formula is C15H14O3. The van der Waals surface area contributed by atoms with Crippen molar-refractivity contribution in [1.82, 2.24) is 0 Å². The Morgan fingerprint density at radius 1 is 1.00 bits per heavy atom. The lowest BCUT2D eigenvalue weighted by Crippen LogP contribution is -2.04. The van der Waals surface area contributed by atoms with Gasteiger partial charge in [-0.3, -0.25) is 0 Å². The Bertz CT molecular complexity index is 617. The van der Waals surface area contributed by atoms with Crippen molar-refractivity contribution in [2.75, 3.05) is 7.11 Å². The number of phenolic OH excluding ortho intramolecular Hbond substituents is 2. The van der Waals surface area contributed by atoms with Gasteiger partial charge in [0.15, 0.2) is 0 Å². The fourth-order valence-electron chi connectivity index (χ4n) is 2.59. The maximum absolute atomic E-state index is 10.0. The van der Waals surface area contributed by atoms with Crippen LogP contribution in [-0.4, -0.2) is 17.3 Å². The topological polar surface area (TPSA) is 49.7 Å². The third-order valence-electron chi connectivity index (χ3n) is 3.43. The van der Waals surface area contributed by atoms with E-state index in [0.29, 0.717) is 0 Å². The van der Waals surface area contributed by atoms with Crippen molar-refractivity contribution in [3.05, 3.63) is 41.5 Å². The van der Waals surface area contributed by atoms with E-state index in [2.05, 4.69) is 0 Å². The van der Waals surface area contributed by atoms with Crippen LogP contribution in [-0.2, 0) is 12.8 Å². The van der Waals surface area contributed by atoms with Gasteiger partial charge in [-0.2, -0.15) is 0 Å². The van der Waals surface area contributed by atoms with Crippen LogP contribution in [0.3, 0.4) is 0 Å². The molecule has 0 aromatic heterocycles. The standard InChI is InChI=1S/C15H14O3/c1-18-12-4-5-13-9(7-12)2-3-10-6-11(16)8-14(17)15(10)13/h4-8,16-17H,2-3H2,1H3.